The van der Waals surface area contributed by atoms with E-state index in [9.17, 15) is 21.4 Å². The number of anilines is 4. The number of fused-ring (bicyclic) bond motifs is 20. The minimum atomic E-state index is -4.52. The fourth-order valence-corrected chi connectivity index (χ4v) is 8.34. The minimum absolute atomic E-state index is 0. The normalized spacial score (nSPS) is 11.4. The van der Waals surface area contributed by atoms with Gasteiger partial charge in [-0.2, -0.15) is 23.4 Å². The summed E-state index contributed by atoms with van der Waals surface area (Å²) in [6.07, 6.45) is 7.42. The molecule has 2 aliphatic rings. The van der Waals surface area contributed by atoms with Gasteiger partial charge in [-0.25, -0.2) is 28.4 Å². The Morgan fingerprint density at radius 1 is 0.622 bits per heavy atom. The van der Waals surface area contributed by atoms with Crippen molar-refractivity contribution in [3.8, 4) is 46.1 Å². The van der Waals surface area contributed by atoms with Crippen LogP contribution in [0.3, 0.4) is 0 Å². The van der Waals surface area contributed by atoms with E-state index in [1.807, 2.05) is 62.4 Å². The first-order valence-electron chi connectivity index (χ1n) is 21.0. The van der Waals surface area contributed by atoms with Crippen molar-refractivity contribution in [1.82, 2.24) is 79.5 Å². The van der Waals surface area contributed by atoms with Crippen LogP contribution in [0, 0.1) is 0 Å². The van der Waals surface area contributed by atoms with Crippen LogP contribution in [-0.2, 0) is 46.6 Å². The Bertz CT molecular complexity index is 3630. The molecule has 383 valence electrons. The van der Waals surface area contributed by atoms with Crippen LogP contribution < -0.4 is 31.1 Å². The maximum absolute atomic E-state index is 11.4. The second kappa shape index (κ2) is 22.9. The largest absolute Gasteiger partial charge is 2.00 e. The molecule has 0 aliphatic carbocycles. The summed E-state index contributed by atoms with van der Waals surface area (Å²) in [5.41, 5.74) is 9.54. The number of hydrogen-bond acceptors (Lipinski definition) is 24. The molecule has 0 unspecified atom stereocenters. The van der Waals surface area contributed by atoms with Crippen molar-refractivity contribution in [3.63, 3.8) is 0 Å². The van der Waals surface area contributed by atoms with E-state index in [0.717, 1.165) is 39.9 Å². The van der Waals surface area contributed by atoms with Crippen molar-refractivity contribution in [1.29, 1.82) is 0 Å². The molecule has 0 amide bonds. The van der Waals surface area contributed by atoms with E-state index in [2.05, 4.69) is 59.6 Å². The Hall–Kier alpha value is -7.84. The van der Waals surface area contributed by atoms with E-state index < -0.39 is 25.0 Å². The summed E-state index contributed by atoms with van der Waals surface area (Å²) in [5, 5.41) is 20.5. The topological polar surface area (TPSA) is 385 Å². The standard InChI is InChI=1S/C28H12N12.C12H17N7O8S3.C2H6.CH4.Cu/c1-2-6-14-13(5-1)21-33-22(14)36-26-19-20(32-12-11-31-19)28(40-26)38-24-16-8-4-3-7-15(16)23(34-24)37-27-18-17(25(35-21)39-27)29-9-10-30-18;1-29(21,22)15-5-4-14-11-17-10(13)18-12(19-11)16-8-6-7(30(23,24)25)2-3-9(8)28-27-26-20;1-2;;/h1-12H;2-3,6,15,20H,4-5H2,1H3,(H,23,24,25)(H4,13,14,16,17,18,19);1-2H3;1H4;/q-2;;;;+2. The molecule has 7 N–H and O–H groups in total. The molecule has 3 aromatic carbocycles. The van der Waals surface area contributed by atoms with E-state index in [1.54, 1.807) is 24.8 Å². The van der Waals surface area contributed by atoms with Crippen LogP contribution in [0.25, 0.3) is 90.2 Å². The summed E-state index contributed by atoms with van der Waals surface area (Å²) < 4.78 is 60.7. The first-order valence-corrected chi connectivity index (χ1v) is 25.1. The van der Waals surface area contributed by atoms with Gasteiger partial charge >= 0.3 is 17.1 Å². The number of aromatic nitrogens is 15. The van der Waals surface area contributed by atoms with Gasteiger partial charge in [-0.1, -0.05) is 74.8 Å². The van der Waals surface area contributed by atoms with Gasteiger partial charge in [0.15, 0.2) is 0 Å². The van der Waals surface area contributed by atoms with Crippen LogP contribution in [-0.4, -0.2) is 111 Å². The van der Waals surface area contributed by atoms with Crippen LogP contribution in [0.1, 0.15) is 21.3 Å². The van der Waals surface area contributed by atoms with Gasteiger partial charge in [0, 0.05) is 60.5 Å². The average molecular weight is 1110 g/mol. The molecule has 8 heterocycles. The van der Waals surface area contributed by atoms with Crippen molar-refractivity contribution in [2.24, 2.45) is 0 Å². The van der Waals surface area contributed by atoms with E-state index in [4.69, 9.17) is 50.9 Å². The Labute approximate surface area is 434 Å². The molecule has 11 rings (SSSR count). The molecular weight excluding hydrogens is 1070 g/mol. The zero-order valence-electron chi connectivity index (χ0n) is 37.7. The fraction of sp³-hybridized carbons (Fsp3) is 0.140. The third-order valence-electron chi connectivity index (χ3n) is 9.83. The van der Waals surface area contributed by atoms with Crippen molar-refractivity contribution >= 4 is 99.9 Å². The molecule has 8 bridgehead atoms. The molecule has 0 spiro atoms. The third-order valence-corrected chi connectivity index (χ3v) is 12.1. The number of hydrogen-bond donors (Lipinski definition) is 6. The summed E-state index contributed by atoms with van der Waals surface area (Å²) >= 11 is 0.519. The second-order valence-corrected chi connectivity index (χ2v) is 18.5. The van der Waals surface area contributed by atoms with Crippen molar-refractivity contribution in [3.05, 3.63) is 91.5 Å². The van der Waals surface area contributed by atoms with Crippen LogP contribution in [0.5, 0.6) is 0 Å². The third kappa shape index (κ3) is 11.8. The summed E-state index contributed by atoms with van der Waals surface area (Å²) in [4.78, 5) is 67.8. The molecule has 0 saturated carbocycles. The van der Waals surface area contributed by atoms with E-state index >= 15 is 0 Å². The summed E-state index contributed by atoms with van der Waals surface area (Å²) in [6, 6.07) is 18.9. The van der Waals surface area contributed by atoms with E-state index in [-0.39, 0.29) is 66.0 Å². The molecule has 1 radical (unpaired) electrons. The maximum atomic E-state index is 11.4. The van der Waals surface area contributed by atoms with Gasteiger partial charge in [-0.05, 0) is 39.7 Å². The van der Waals surface area contributed by atoms with Gasteiger partial charge in [0.05, 0.1) is 33.8 Å². The van der Waals surface area contributed by atoms with Crippen LogP contribution in [0.2, 0.25) is 0 Å². The van der Waals surface area contributed by atoms with Crippen LogP contribution in [0.15, 0.2) is 101 Å². The average Bonchev–Trinajstić information content (AvgIpc) is 4.11. The molecule has 2 aliphatic heterocycles. The first kappa shape index (κ1) is 53.9. The fourth-order valence-electron chi connectivity index (χ4n) is 6.93. The molecule has 0 fully saturated rings. The monoisotopic (exact) mass is 1110 g/mol. The zero-order valence-corrected chi connectivity index (χ0v) is 41.1. The van der Waals surface area contributed by atoms with E-state index in [1.165, 1.54) is 6.07 Å². The maximum Gasteiger partial charge on any atom is 2.00 e. The SMILES string of the molecule is C.CC.CS(=O)(=O)NCCNc1nc(N)nc(Nc2cc(S(=O)(=O)O)ccc2SOOO)n1.[Cu+2].c1ccc2c3nc4nc(nc5[n-]c(nc6nc(nc([n-]3)c2c1)-c1nccnc1-6)c1ccccc51)-c1nccnc1-4. The van der Waals surface area contributed by atoms with Gasteiger partial charge in [0.2, 0.25) is 27.9 Å². The molecule has 27 nitrogen and oxygen atoms in total. The van der Waals surface area contributed by atoms with Crippen molar-refractivity contribution < 1.29 is 53.1 Å². The number of rotatable bonds is 11. The Balaban J connectivity index is 0.000000213. The summed E-state index contributed by atoms with van der Waals surface area (Å²) in [7, 11) is -7.87. The smallest absolute Gasteiger partial charge is 0.368 e. The number of sulfonamides is 1. The Morgan fingerprint density at radius 3 is 1.46 bits per heavy atom. The molecule has 0 saturated heterocycles. The first-order chi connectivity index (χ1) is 34.8. The van der Waals surface area contributed by atoms with Crippen molar-refractivity contribution in [2.45, 2.75) is 31.1 Å². The van der Waals surface area contributed by atoms with E-state index in [0.29, 0.717) is 80.7 Å². The number of nitrogens with two attached hydrogens (primary N) is 1. The van der Waals surface area contributed by atoms with Gasteiger partial charge in [-0.15, -0.1) is 4.33 Å². The molecule has 31 heteroatoms. The Kier molecular flexibility index (Phi) is 16.7. The predicted molar refractivity (Wildman–Crippen MR) is 269 cm³/mol. The van der Waals surface area contributed by atoms with Gasteiger partial charge < -0.3 is 46.3 Å². The number of nitrogens with one attached hydrogen (secondary N) is 3. The minimum Gasteiger partial charge on any atom is -0.368 e. The molecule has 0 atom stereocenters. The number of nitrogen functional groups attached to an aromatic ring is 1. The molecule has 6 aromatic heterocycles. The zero-order chi connectivity index (χ0) is 50.6. The number of benzene rings is 3. The molecule has 74 heavy (non-hydrogen) atoms. The Morgan fingerprint density at radius 2 is 1.05 bits per heavy atom. The van der Waals surface area contributed by atoms with Crippen LogP contribution >= 0.6 is 12.0 Å². The van der Waals surface area contributed by atoms with Crippen LogP contribution in [0.4, 0.5) is 23.5 Å². The second-order valence-electron chi connectivity index (χ2n) is 14.5. The number of nitrogens with zero attached hydrogens (tertiary/aromatic N) is 15. The van der Waals surface area contributed by atoms with Gasteiger partial charge in [-0.3, -0.25) is 24.5 Å². The summed E-state index contributed by atoms with van der Waals surface area (Å²) in [5.74, 6) is 1.13. The predicted octanol–water partition coefficient (Wildman–Crippen LogP) is 5.20. The van der Waals surface area contributed by atoms with Gasteiger partial charge in [0.25, 0.3) is 10.1 Å². The molecule has 9 aromatic rings. The molecular formula is C43H39CuN19O8S3. The summed E-state index contributed by atoms with van der Waals surface area (Å²) in [6.45, 7) is 4.19. The van der Waals surface area contributed by atoms with Gasteiger partial charge in [0.1, 0.15) is 46.1 Å². The quantitative estimate of drug-likeness (QED) is 0.0242. The van der Waals surface area contributed by atoms with Crippen molar-refractivity contribution in [2.75, 3.05) is 35.7 Å².